The van der Waals surface area contributed by atoms with Gasteiger partial charge >= 0.3 is 0 Å². The highest BCUT2D eigenvalue weighted by Gasteiger charge is 2.18. The average molecular weight is 254 g/mol. The van der Waals surface area contributed by atoms with E-state index in [0.29, 0.717) is 11.3 Å². The summed E-state index contributed by atoms with van der Waals surface area (Å²) in [6.07, 6.45) is -1.49. The maximum atomic E-state index is 11.7. The number of aliphatic hydroxyl groups is 1. The predicted molar refractivity (Wildman–Crippen MR) is 61.9 cm³/mol. The molecule has 1 aromatic rings. The predicted octanol–water partition coefficient (Wildman–Crippen LogP) is -2.04. The summed E-state index contributed by atoms with van der Waals surface area (Å²) in [7, 11) is 0. The fourth-order valence-corrected chi connectivity index (χ4v) is 1.28. The Labute approximate surface area is 102 Å². The third-order valence-electron chi connectivity index (χ3n) is 2.48. The van der Waals surface area contributed by atoms with E-state index in [0.717, 1.165) is 0 Å². The number of hydrogen-bond donors (Lipinski definition) is 4. The quantitative estimate of drug-likeness (QED) is 0.490. The van der Waals surface area contributed by atoms with E-state index in [9.17, 15) is 14.4 Å². The van der Waals surface area contributed by atoms with E-state index in [1.54, 1.807) is 13.8 Å². The van der Waals surface area contributed by atoms with Crippen LogP contribution in [0.5, 0.6) is 0 Å². The van der Waals surface area contributed by atoms with Crippen LogP contribution in [0.4, 0.5) is 0 Å². The van der Waals surface area contributed by atoms with Gasteiger partial charge in [-0.25, -0.2) is 5.10 Å². The number of amides is 2. The Morgan fingerprint density at radius 3 is 2.67 bits per heavy atom. The lowest BCUT2D eigenvalue weighted by Gasteiger charge is -2.10. The molecule has 98 valence electrons. The summed E-state index contributed by atoms with van der Waals surface area (Å²) in [6, 6.07) is 0. The Hall–Kier alpha value is -2.22. The second-order valence-electron chi connectivity index (χ2n) is 3.77. The SMILES string of the molecule is Cc1n[nH]c(=O)c(C(=O)NCC(O)C(N)=O)c1C. The third-order valence-corrected chi connectivity index (χ3v) is 2.48. The van der Waals surface area contributed by atoms with Crippen molar-refractivity contribution in [1.82, 2.24) is 15.5 Å². The molecule has 0 bridgehead atoms. The van der Waals surface area contributed by atoms with Crippen LogP contribution in [0.3, 0.4) is 0 Å². The number of aromatic amines is 1. The van der Waals surface area contributed by atoms with Crippen LogP contribution < -0.4 is 16.6 Å². The summed E-state index contributed by atoms with van der Waals surface area (Å²) < 4.78 is 0. The van der Waals surface area contributed by atoms with E-state index in [1.165, 1.54) is 0 Å². The molecule has 0 aliphatic rings. The van der Waals surface area contributed by atoms with Crippen molar-refractivity contribution in [3.8, 4) is 0 Å². The van der Waals surface area contributed by atoms with Crippen molar-refractivity contribution in [2.75, 3.05) is 6.54 Å². The molecule has 0 radical (unpaired) electrons. The Kier molecular flexibility index (Phi) is 4.16. The molecular formula is C10H14N4O4. The summed E-state index contributed by atoms with van der Waals surface area (Å²) in [6.45, 7) is 2.87. The number of hydrogen-bond acceptors (Lipinski definition) is 5. The van der Waals surface area contributed by atoms with Gasteiger partial charge in [0.15, 0.2) is 0 Å². The number of aryl methyl sites for hydroxylation is 1. The minimum Gasteiger partial charge on any atom is -0.381 e. The highest BCUT2D eigenvalue weighted by Crippen LogP contribution is 2.04. The van der Waals surface area contributed by atoms with Crippen molar-refractivity contribution in [2.24, 2.45) is 5.73 Å². The minimum atomic E-state index is -1.49. The van der Waals surface area contributed by atoms with Crippen LogP contribution in [0, 0.1) is 13.8 Å². The average Bonchev–Trinajstić information content (AvgIpc) is 2.31. The molecule has 0 aromatic carbocycles. The number of carbonyl (C=O) groups excluding carboxylic acids is 2. The molecule has 8 heteroatoms. The standard InChI is InChI=1S/C10H14N4O4/c1-4-5(2)13-14-10(18)7(4)9(17)12-3-6(15)8(11)16/h6,15H,3H2,1-2H3,(H2,11,16)(H,12,17)(H,14,18). The van der Waals surface area contributed by atoms with Gasteiger partial charge < -0.3 is 16.2 Å². The fourth-order valence-electron chi connectivity index (χ4n) is 1.28. The lowest BCUT2D eigenvalue weighted by molar-refractivity contribution is -0.125. The summed E-state index contributed by atoms with van der Waals surface area (Å²) in [5, 5.41) is 17.3. The van der Waals surface area contributed by atoms with Gasteiger partial charge in [0.25, 0.3) is 11.5 Å². The van der Waals surface area contributed by atoms with Crippen molar-refractivity contribution in [2.45, 2.75) is 20.0 Å². The highest BCUT2D eigenvalue weighted by molar-refractivity contribution is 5.95. The molecular weight excluding hydrogens is 240 g/mol. The fraction of sp³-hybridized carbons (Fsp3) is 0.400. The van der Waals surface area contributed by atoms with E-state index in [-0.39, 0.29) is 12.1 Å². The molecule has 18 heavy (non-hydrogen) atoms. The van der Waals surface area contributed by atoms with E-state index in [2.05, 4.69) is 15.5 Å². The van der Waals surface area contributed by atoms with E-state index < -0.39 is 23.5 Å². The van der Waals surface area contributed by atoms with Crippen molar-refractivity contribution < 1.29 is 14.7 Å². The number of nitrogens with two attached hydrogens (primary N) is 1. The molecule has 1 unspecified atom stereocenters. The first-order valence-electron chi connectivity index (χ1n) is 5.16. The van der Waals surface area contributed by atoms with Crippen molar-refractivity contribution in [1.29, 1.82) is 0 Å². The van der Waals surface area contributed by atoms with Gasteiger partial charge in [0, 0.05) is 0 Å². The van der Waals surface area contributed by atoms with Crippen LogP contribution in [0.15, 0.2) is 4.79 Å². The van der Waals surface area contributed by atoms with E-state index in [4.69, 9.17) is 10.8 Å². The maximum absolute atomic E-state index is 11.7. The molecule has 5 N–H and O–H groups in total. The second kappa shape index (κ2) is 5.41. The third kappa shape index (κ3) is 2.92. The molecule has 0 saturated carbocycles. The van der Waals surface area contributed by atoms with Gasteiger partial charge in [0.05, 0.1) is 12.2 Å². The maximum Gasteiger partial charge on any atom is 0.277 e. The number of nitrogens with zero attached hydrogens (tertiary/aromatic N) is 1. The zero-order chi connectivity index (χ0) is 13.9. The van der Waals surface area contributed by atoms with Gasteiger partial charge in [-0.1, -0.05) is 0 Å². The van der Waals surface area contributed by atoms with Crippen LogP contribution >= 0.6 is 0 Å². The number of aromatic nitrogens is 2. The van der Waals surface area contributed by atoms with Gasteiger partial charge in [-0.15, -0.1) is 0 Å². The van der Waals surface area contributed by atoms with Crippen molar-refractivity contribution >= 4 is 11.8 Å². The van der Waals surface area contributed by atoms with Crippen LogP contribution in [0.1, 0.15) is 21.6 Å². The van der Waals surface area contributed by atoms with Crippen LogP contribution in [0.2, 0.25) is 0 Å². The Morgan fingerprint density at radius 2 is 2.11 bits per heavy atom. The first-order chi connectivity index (χ1) is 8.34. The minimum absolute atomic E-state index is 0.0980. The van der Waals surface area contributed by atoms with Crippen molar-refractivity contribution in [3.05, 3.63) is 27.2 Å². The van der Waals surface area contributed by atoms with Gasteiger partial charge in [-0.3, -0.25) is 14.4 Å². The first-order valence-corrected chi connectivity index (χ1v) is 5.16. The monoisotopic (exact) mass is 254 g/mol. The number of nitrogens with one attached hydrogen (secondary N) is 2. The summed E-state index contributed by atoms with van der Waals surface area (Å²) >= 11 is 0. The largest absolute Gasteiger partial charge is 0.381 e. The summed E-state index contributed by atoms with van der Waals surface area (Å²) in [5.41, 5.74) is 5.04. The smallest absolute Gasteiger partial charge is 0.277 e. The Morgan fingerprint density at radius 1 is 1.50 bits per heavy atom. The molecule has 0 saturated heterocycles. The highest BCUT2D eigenvalue weighted by atomic mass is 16.3. The lowest BCUT2D eigenvalue weighted by atomic mass is 10.1. The topological polar surface area (TPSA) is 138 Å². The van der Waals surface area contributed by atoms with Crippen LogP contribution in [0.25, 0.3) is 0 Å². The second-order valence-corrected chi connectivity index (χ2v) is 3.77. The molecule has 1 atom stereocenters. The number of carbonyl (C=O) groups is 2. The molecule has 0 fully saturated rings. The summed E-state index contributed by atoms with van der Waals surface area (Å²) in [4.78, 5) is 33.8. The van der Waals surface area contributed by atoms with E-state index >= 15 is 0 Å². The van der Waals surface area contributed by atoms with Crippen molar-refractivity contribution in [3.63, 3.8) is 0 Å². The number of primary amides is 1. The Bertz CT molecular complexity index is 537. The van der Waals surface area contributed by atoms with Crippen LogP contribution in [-0.2, 0) is 4.79 Å². The molecule has 1 aromatic heterocycles. The van der Waals surface area contributed by atoms with Gasteiger partial charge in [0.2, 0.25) is 5.91 Å². The first kappa shape index (κ1) is 13.8. The molecule has 2 amide bonds. The molecule has 1 heterocycles. The zero-order valence-electron chi connectivity index (χ0n) is 9.98. The van der Waals surface area contributed by atoms with Crippen LogP contribution in [-0.4, -0.2) is 39.8 Å². The van der Waals surface area contributed by atoms with Gasteiger partial charge in [-0.2, -0.15) is 5.10 Å². The number of aliphatic hydroxyl groups excluding tert-OH is 1. The number of H-pyrrole nitrogens is 1. The Balaban J connectivity index is 2.89. The molecule has 1 rings (SSSR count). The lowest BCUT2D eigenvalue weighted by Crippen LogP contribution is -2.41. The van der Waals surface area contributed by atoms with E-state index in [1.807, 2.05) is 0 Å². The molecule has 0 aliphatic carbocycles. The number of rotatable bonds is 4. The normalized spacial score (nSPS) is 11.9. The zero-order valence-corrected chi connectivity index (χ0v) is 9.98. The summed E-state index contributed by atoms with van der Waals surface area (Å²) in [5.74, 6) is -1.65. The molecule has 0 aliphatic heterocycles. The van der Waals surface area contributed by atoms with Gasteiger partial charge in [0.1, 0.15) is 11.7 Å². The molecule has 8 nitrogen and oxygen atoms in total. The molecule has 0 spiro atoms. The van der Waals surface area contributed by atoms with Gasteiger partial charge in [-0.05, 0) is 19.4 Å².